The lowest BCUT2D eigenvalue weighted by Gasteiger charge is -2.41. The number of anilines is 1. The molecule has 114 valence electrons. The Labute approximate surface area is 123 Å². The number of halogens is 1. The van der Waals surface area contributed by atoms with Crippen molar-refractivity contribution in [1.29, 1.82) is 0 Å². The minimum absolute atomic E-state index is 0.191. The zero-order chi connectivity index (χ0) is 14.8. The fourth-order valence-corrected chi connectivity index (χ4v) is 3.56. The van der Waals surface area contributed by atoms with Crippen molar-refractivity contribution in [2.24, 2.45) is 0 Å². The Morgan fingerprint density at radius 1 is 1.29 bits per heavy atom. The van der Waals surface area contributed by atoms with Crippen molar-refractivity contribution in [2.75, 3.05) is 18.0 Å². The molecule has 2 atom stereocenters. The fourth-order valence-electron chi connectivity index (χ4n) is 3.56. The SMILES string of the molecule is O=[N+]([O-])c1ccc(N2CCCCC2C2CCCN2)c(F)c1. The van der Waals surface area contributed by atoms with E-state index in [1.54, 1.807) is 6.07 Å². The van der Waals surface area contributed by atoms with Gasteiger partial charge in [0.15, 0.2) is 5.82 Å². The van der Waals surface area contributed by atoms with Crippen LogP contribution in [-0.2, 0) is 0 Å². The molecule has 0 amide bonds. The Kier molecular flexibility index (Phi) is 4.05. The number of non-ortho nitro benzene ring substituents is 1. The molecule has 1 N–H and O–H groups in total. The summed E-state index contributed by atoms with van der Waals surface area (Å²) >= 11 is 0. The molecule has 2 fully saturated rings. The van der Waals surface area contributed by atoms with Gasteiger partial charge in [0.05, 0.1) is 16.7 Å². The van der Waals surface area contributed by atoms with E-state index in [4.69, 9.17) is 0 Å². The van der Waals surface area contributed by atoms with Crippen molar-refractivity contribution in [1.82, 2.24) is 5.32 Å². The number of hydrogen-bond donors (Lipinski definition) is 1. The molecule has 2 aliphatic heterocycles. The molecule has 0 aromatic heterocycles. The van der Waals surface area contributed by atoms with Gasteiger partial charge >= 0.3 is 0 Å². The maximum Gasteiger partial charge on any atom is 0.272 e. The van der Waals surface area contributed by atoms with Crippen molar-refractivity contribution < 1.29 is 9.31 Å². The van der Waals surface area contributed by atoms with E-state index in [9.17, 15) is 14.5 Å². The van der Waals surface area contributed by atoms with Crippen LogP contribution >= 0.6 is 0 Å². The van der Waals surface area contributed by atoms with Crippen LogP contribution < -0.4 is 10.2 Å². The lowest BCUT2D eigenvalue weighted by atomic mass is 9.94. The lowest BCUT2D eigenvalue weighted by molar-refractivity contribution is -0.385. The van der Waals surface area contributed by atoms with E-state index in [0.29, 0.717) is 11.7 Å². The largest absolute Gasteiger partial charge is 0.365 e. The molecule has 6 heteroatoms. The fraction of sp³-hybridized carbons (Fsp3) is 0.600. The molecule has 5 nitrogen and oxygen atoms in total. The van der Waals surface area contributed by atoms with E-state index in [0.717, 1.165) is 51.3 Å². The first-order chi connectivity index (χ1) is 10.2. The van der Waals surface area contributed by atoms with Gasteiger partial charge in [0.1, 0.15) is 0 Å². The second-order valence-corrected chi connectivity index (χ2v) is 5.85. The first kappa shape index (κ1) is 14.3. The van der Waals surface area contributed by atoms with E-state index >= 15 is 0 Å². The van der Waals surface area contributed by atoms with Gasteiger partial charge in [-0.3, -0.25) is 10.1 Å². The van der Waals surface area contributed by atoms with Crippen LogP contribution in [-0.4, -0.2) is 30.1 Å². The molecule has 2 unspecified atom stereocenters. The average Bonchev–Trinajstić information content (AvgIpc) is 3.01. The highest BCUT2D eigenvalue weighted by Gasteiger charge is 2.33. The number of hydrogen-bond acceptors (Lipinski definition) is 4. The molecule has 0 spiro atoms. The molecule has 0 radical (unpaired) electrons. The molecule has 1 aromatic rings. The number of nitrogens with one attached hydrogen (secondary N) is 1. The Bertz CT molecular complexity index is 532. The van der Waals surface area contributed by atoms with Gasteiger partial charge in [-0.1, -0.05) is 0 Å². The van der Waals surface area contributed by atoms with Gasteiger partial charge in [-0.15, -0.1) is 0 Å². The molecule has 21 heavy (non-hydrogen) atoms. The Hall–Kier alpha value is -1.69. The molecule has 2 aliphatic rings. The van der Waals surface area contributed by atoms with E-state index in [-0.39, 0.29) is 11.7 Å². The van der Waals surface area contributed by atoms with Crippen LogP contribution in [0.5, 0.6) is 0 Å². The lowest BCUT2D eigenvalue weighted by Crippen LogP contribution is -2.50. The molecule has 2 heterocycles. The van der Waals surface area contributed by atoms with Crippen molar-refractivity contribution in [2.45, 2.75) is 44.2 Å². The van der Waals surface area contributed by atoms with E-state index in [1.165, 1.54) is 6.07 Å². The number of nitrogens with zero attached hydrogens (tertiary/aromatic N) is 2. The quantitative estimate of drug-likeness (QED) is 0.687. The first-order valence-corrected chi connectivity index (χ1v) is 7.61. The predicted octanol–water partition coefficient (Wildman–Crippen LogP) is 2.84. The predicted molar refractivity (Wildman–Crippen MR) is 79.1 cm³/mol. The van der Waals surface area contributed by atoms with E-state index in [2.05, 4.69) is 10.2 Å². The Morgan fingerprint density at radius 3 is 2.81 bits per heavy atom. The summed E-state index contributed by atoms with van der Waals surface area (Å²) in [5.41, 5.74) is 0.308. The average molecular weight is 293 g/mol. The summed E-state index contributed by atoms with van der Waals surface area (Å²) in [6.07, 6.45) is 5.54. The molecule has 2 saturated heterocycles. The summed E-state index contributed by atoms with van der Waals surface area (Å²) in [5.74, 6) is -0.492. The molecule has 0 aliphatic carbocycles. The van der Waals surface area contributed by atoms with Gasteiger partial charge in [0.2, 0.25) is 0 Å². The highest BCUT2D eigenvalue weighted by molar-refractivity contribution is 5.53. The zero-order valence-corrected chi connectivity index (χ0v) is 11.9. The normalized spacial score (nSPS) is 26.0. The summed E-state index contributed by atoms with van der Waals surface area (Å²) in [6.45, 7) is 1.84. The number of nitro benzene ring substituents is 1. The van der Waals surface area contributed by atoms with Gasteiger partial charge in [-0.05, 0) is 44.7 Å². The molecule has 0 bridgehead atoms. The molecular weight excluding hydrogens is 273 g/mol. The van der Waals surface area contributed by atoms with E-state index < -0.39 is 10.7 Å². The van der Waals surface area contributed by atoms with E-state index in [1.807, 2.05) is 0 Å². The number of benzene rings is 1. The topological polar surface area (TPSA) is 58.4 Å². The third-order valence-electron chi connectivity index (χ3n) is 4.56. The molecule has 0 saturated carbocycles. The van der Waals surface area contributed by atoms with Crippen LogP contribution in [0.25, 0.3) is 0 Å². The number of rotatable bonds is 3. The number of nitro groups is 1. The van der Waals surface area contributed by atoms with Crippen molar-refractivity contribution in [3.05, 3.63) is 34.1 Å². The zero-order valence-electron chi connectivity index (χ0n) is 11.9. The van der Waals surface area contributed by atoms with Crippen molar-refractivity contribution in [3.63, 3.8) is 0 Å². The molecule has 1 aromatic carbocycles. The number of piperidine rings is 1. The third-order valence-corrected chi connectivity index (χ3v) is 4.56. The standard InChI is InChI=1S/C15H20FN3O2/c16-12-10-11(19(20)21)6-7-14(12)18-9-2-1-5-15(18)13-4-3-8-17-13/h6-7,10,13,15,17H,1-5,8-9H2. The van der Waals surface area contributed by atoms with Crippen molar-refractivity contribution in [3.8, 4) is 0 Å². The summed E-state index contributed by atoms with van der Waals surface area (Å²) in [6, 6.07) is 4.67. The second kappa shape index (κ2) is 5.97. The second-order valence-electron chi connectivity index (χ2n) is 5.85. The Balaban J connectivity index is 1.87. The van der Waals surface area contributed by atoms with Crippen LogP contribution in [0, 0.1) is 15.9 Å². The minimum atomic E-state index is -0.556. The van der Waals surface area contributed by atoms with Crippen LogP contribution in [0.2, 0.25) is 0 Å². The highest BCUT2D eigenvalue weighted by Crippen LogP contribution is 2.32. The van der Waals surface area contributed by atoms with Crippen molar-refractivity contribution >= 4 is 11.4 Å². The summed E-state index contributed by atoms with van der Waals surface area (Å²) < 4.78 is 14.3. The molecular formula is C15H20FN3O2. The third kappa shape index (κ3) is 2.85. The van der Waals surface area contributed by atoms with Gasteiger partial charge in [-0.25, -0.2) is 4.39 Å². The van der Waals surface area contributed by atoms with Crippen LogP contribution in [0.3, 0.4) is 0 Å². The highest BCUT2D eigenvalue weighted by atomic mass is 19.1. The summed E-state index contributed by atoms with van der Waals surface area (Å²) in [7, 11) is 0. The van der Waals surface area contributed by atoms with Gasteiger partial charge < -0.3 is 10.2 Å². The summed E-state index contributed by atoms with van der Waals surface area (Å²) in [5, 5.41) is 14.2. The molecule has 3 rings (SSSR count). The van der Waals surface area contributed by atoms with Gasteiger partial charge in [0, 0.05) is 24.7 Å². The minimum Gasteiger partial charge on any atom is -0.365 e. The first-order valence-electron chi connectivity index (χ1n) is 7.61. The Morgan fingerprint density at radius 2 is 2.14 bits per heavy atom. The van der Waals surface area contributed by atoms with Crippen LogP contribution in [0.15, 0.2) is 18.2 Å². The van der Waals surface area contributed by atoms with Crippen LogP contribution in [0.1, 0.15) is 32.1 Å². The maximum absolute atomic E-state index is 14.3. The van der Waals surface area contributed by atoms with Gasteiger partial charge in [0.25, 0.3) is 5.69 Å². The smallest absolute Gasteiger partial charge is 0.272 e. The maximum atomic E-state index is 14.3. The summed E-state index contributed by atoms with van der Waals surface area (Å²) in [4.78, 5) is 12.3. The van der Waals surface area contributed by atoms with Gasteiger partial charge in [-0.2, -0.15) is 0 Å². The monoisotopic (exact) mass is 293 g/mol. The van der Waals surface area contributed by atoms with Crippen LogP contribution in [0.4, 0.5) is 15.8 Å².